The Hall–Kier alpha value is -1.09. The molecule has 2 heterocycles. The molecule has 1 aliphatic rings. The van der Waals surface area contributed by atoms with Gasteiger partial charge in [0.1, 0.15) is 11.3 Å². The summed E-state index contributed by atoms with van der Waals surface area (Å²) in [5.41, 5.74) is 3.10. The van der Waals surface area contributed by atoms with Gasteiger partial charge >= 0.3 is 0 Å². The number of pyridine rings is 1. The maximum Gasteiger partial charge on any atom is 0.160 e. The molecule has 0 aromatic carbocycles. The molecule has 0 amide bonds. The van der Waals surface area contributed by atoms with Crippen LogP contribution in [0, 0.1) is 12.8 Å². The van der Waals surface area contributed by atoms with Gasteiger partial charge in [-0.2, -0.15) is 0 Å². The highest BCUT2D eigenvalue weighted by atomic mass is 35.5. The van der Waals surface area contributed by atoms with Crippen molar-refractivity contribution in [2.45, 2.75) is 45.6 Å². The van der Waals surface area contributed by atoms with Crippen molar-refractivity contribution in [1.82, 2.24) is 14.5 Å². The molecule has 0 N–H and O–H groups in total. The minimum Gasteiger partial charge on any atom is -0.309 e. The minimum absolute atomic E-state index is 0.539. The Morgan fingerprint density at radius 1 is 1.32 bits per heavy atom. The topological polar surface area (TPSA) is 30.7 Å². The van der Waals surface area contributed by atoms with E-state index in [0.29, 0.717) is 17.8 Å². The van der Waals surface area contributed by atoms with E-state index in [1.165, 1.54) is 19.3 Å². The number of hydrogen-bond donors (Lipinski definition) is 0. The van der Waals surface area contributed by atoms with Gasteiger partial charge in [0.2, 0.25) is 0 Å². The molecule has 0 spiro atoms. The third-order valence-corrected chi connectivity index (χ3v) is 4.40. The number of halogens is 1. The second-order valence-electron chi connectivity index (χ2n) is 5.61. The number of alkyl halides is 1. The van der Waals surface area contributed by atoms with Gasteiger partial charge in [-0.05, 0) is 37.8 Å². The number of imidazole rings is 1. The van der Waals surface area contributed by atoms with Crippen LogP contribution in [0.1, 0.15) is 43.7 Å². The predicted molar refractivity (Wildman–Crippen MR) is 78.7 cm³/mol. The van der Waals surface area contributed by atoms with Crippen molar-refractivity contribution >= 4 is 22.8 Å². The van der Waals surface area contributed by atoms with Gasteiger partial charge in [-0.3, -0.25) is 0 Å². The molecule has 2 aromatic heterocycles. The van der Waals surface area contributed by atoms with E-state index in [1.54, 1.807) is 0 Å². The summed E-state index contributed by atoms with van der Waals surface area (Å²) in [5.74, 6) is 2.42. The summed E-state index contributed by atoms with van der Waals surface area (Å²) >= 11 is 5.94. The molecule has 0 radical (unpaired) electrons. The van der Waals surface area contributed by atoms with Gasteiger partial charge in [0.15, 0.2) is 5.65 Å². The van der Waals surface area contributed by atoms with Crippen LogP contribution in [0.4, 0.5) is 0 Å². The number of fused-ring (bicyclic) bond motifs is 1. The third kappa shape index (κ3) is 2.25. The average molecular weight is 278 g/mol. The van der Waals surface area contributed by atoms with Crippen LogP contribution >= 0.6 is 11.6 Å². The molecule has 1 fully saturated rings. The summed E-state index contributed by atoms with van der Waals surface area (Å²) in [7, 11) is 0. The van der Waals surface area contributed by atoms with E-state index in [9.17, 15) is 0 Å². The van der Waals surface area contributed by atoms with Gasteiger partial charge in [-0.15, -0.1) is 11.6 Å². The van der Waals surface area contributed by atoms with E-state index in [4.69, 9.17) is 21.6 Å². The first kappa shape index (κ1) is 12.9. The molecule has 2 unspecified atom stereocenters. The maximum absolute atomic E-state index is 5.94. The van der Waals surface area contributed by atoms with Crippen molar-refractivity contribution in [2.24, 2.45) is 5.92 Å². The van der Waals surface area contributed by atoms with E-state index in [-0.39, 0.29) is 0 Å². The lowest BCUT2D eigenvalue weighted by atomic mass is 10.1. The zero-order valence-electron chi connectivity index (χ0n) is 11.6. The standard InChI is InChI=1S/C15H20ClN3/c1-10-4-3-5-13(10)19-14(8-9-16)18-12-7-6-11(2)17-15(12)19/h6-7,10,13H,3-5,8-9H2,1-2H3. The predicted octanol–water partition coefficient (Wildman–Crippen LogP) is 3.88. The van der Waals surface area contributed by atoms with Crippen molar-refractivity contribution in [3.05, 3.63) is 23.7 Å². The molecule has 3 nitrogen and oxygen atoms in total. The summed E-state index contributed by atoms with van der Waals surface area (Å²) in [6.07, 6.45) is 4.66. The van der Waals surface area contributed by atoms with Crippen LogP contribution in [0.5, 0.6) is 0 Å². The zero-order valence-corrected chi connectivity index (χ0v) is 12.3. The van der Waals surface area contributed by atoms with Crippen LogP contribution in [0.2, 0.25) is 0 Å². The normalized spacial score (nSPS) is 23.3. The van der Waals surface area contributed by atoms with Gasteiger partial charge in [0.25, 0.3) is 0 Å². The summed E-state index contributed by atoms with van der Waals surface area (Å²) < 4.78 is 2.36. The molecule has 2 aromatic rings. The molecular weight excluding hydrogens is 258 g/mol. The average Bonchev–Trinajstić information content (AvgIpc) is 2.93. The van der Waals surface area contributed by atoms with Crippen LogP contribution in [-0.4, -0.2) is 20.4 Å². The third-order valence-electron chi connectivity index (χ3n) is 4.22. The highest BCUT2D eigenvalue weighted by Crippen LogP contribution is 2.38. The molecule has 19 heavy (non-hydrogen) atoms. The monoisotopic (exact) mass is 277 g/mol. The number of hydrogen-bond acceptors (Lipinski definition) is 2. The SMILES string of the molecule is Cc1ccc2nc(CCCl)n(C3CCCC3C)c2n1. The van der Waals surface area contributed by atoms with Crippen LogP contribution in [-0.2, 0) is 6.42 Å². The molecule has 4 heteroatoms. The first-order chi connectivity index (χ1) is 9.20. The van der Waals surface area contributed by atoms with Crippen molar-refractivity contribution in [1.29, 1.82) is 0 Å². The number of rotatable bonds is 3. The lowest BCUT2D eigenvalue weighted by Gasteiger charge is -2.20. The fourth-order valence-electron chi connectivity index (χ4n) is 3.23. The minimum atomic E-state index is 0.539. The van der Waals surface area contributed by atoms with Crippen LogP contribution in [0.3, 0.4) is 0 Å². The number of nitrogens with zero attached hydrogens (tertiary/aromatic N) is 3. The van der Waals surface area contributed by atoms with Crippen LogP contribution in [0.25, 0.3) is 11.2 Å². The summed E-state index contributed by atoms with van der Waals surface area (Å²) in [6.45, 7) is 4.37. The number of aromatic nitrogens is 3. The largest absolute Gasteiger partial charge is 0.309 e. The van der Waals surface area contributed by atoms with Crippen molar-refractivity contribution in [3.63, 3.8) is 0 Å². The maximum atomic E-state index is 5.94. The lowest BCUT2D eigenvalue weighted by Crippen LogP contribution is -2.15. The van der Waals surface area contributed by atoms with Crippen molar-refractivity contribution < 1.29 is 0 Å². The number of aryl methyl sites for hydroxylation is 2. The van der Waals surface area contributed by atoms with Crippen molar-refractivity contribution in [2.75, 3.05) is 5.88 Å². The molecule has 102 valence electrons. The summed E-state index contributed by atoms with van der Waals surface area (Å²) in [4.78, 5) is 9.45. The first-order valence-electron chi connectivity index (χ1n) is 7.11. The second-order valence-corrected chi connectivity index (χ2v) is 5.99. The van der Waals surface area contributed by atoms with E-state index in [2.05, 4.69) is 17.6 Å². The summed E-state index contributed by atoms with van der Waals surface area (Å²) in [6, 6.07) is 4.64. The van der Waals surface area contributed by atoms with Gasteiger partial charge in [-0.1, -0.05) is 13.3 Å². The molecule has 0 bridgehead atoms. The smallest absolute Gasteiger partial charge is 0.160 e. The van der Waals surface area contributed by atoms with E-state index in [0.717, 1.165) is 29.1 Å². The van der Waals surface area contributed by atoms with Crippen molar-refractivity contribution in [3.8, 4) is 0 Å². The molecule has 1 saturated carbocycles. The molecule has 3 rings (SSSR count). The molecule has 0 aliphatic heterocycles. The molecule has 1 aliphatic carbocycles. The van der Waals surface area contributed by atoms with E-state index < -0.39 is 0 Å². The van der Waals surface area contributed by atoms with Gasteiger partial charge in [0.05, 0.1) is 0 Å². The highest BCUT2D eigenvalue weighted by Gasteiger charge is 2.28. The second kappa shape index (κ2) is 5.12. The Morgan fingerprint density at radius 3 is 2.84 bits per heavy atom. The highest BCUT2D eigenvalue weighted by molar-refractivity contribution is 6.17. The Labute approximate surface area is 119 Å². The molecule has 2 atom stereocenters. The fraction of sp³-hybridized carbons (Fsp3) is 0.600. The zero-order chi connectivity index (χ0) is 13.4. The Balaban J connectivity index is 2.17. The molecular formula is C15H20ClN3. The Bertz CT molecular complexity index is 590. The molecule has 0 saturated heterocycles. The van der Waals surface area contributed by atoms with Gasteiger partial charge in [0, 0.05) is 24.0 Å². The van der Waals surface area contributed by atoms with E-state index >= 15 is 0 Å². The summed E-state index contributed by atoms with van der Waals surface area (Å²) in [5, 5.41) is 0. The van der Waals surface area contributed by atoms with Crippen LogP contribution < -0.4 is 0 Å². The Morgan fingerprint density at radius 2 is 2.16 bits per heavy atom. The quantitative estimate of drug-likeness (QED) is 0.797. The van der Waals surface area contributed by atoms with Gasteiger partial charge < -0.3 is 4.57 Å². The van der Waals surface area contributed by atoms with Crippen LogP contribution in [0.15, 0.2) is 12.1 Å². The van der Waals surface area contributed by atoms with E-state index in [1.807, 2.05) is 13.0 Å². The first-order valence-corrected chi connectivity index (χ1v) is 7.64. The Kier molecular flexibility index (Phi) is 3.48. The fourth-order valence-corrected chi connectivity index (χ4v) is 3.40. The lowest BCUT2D eigenvalue weighted by molar-refractivity contribution is 0.404. The van der Waals surface area contributed by atoms with Gasteiger partial charge in [-0.25, -0.2) is 9.97 Å².